The maximum absolute atomic E-state index is 12.0. The van der Waals surface area contributed by atoms with Gasteiger partial charge in [0, 0.05) is 25.9 Å². The summed E-state index contributed by atoms with van der Waals surface area (Å²) in [5.74, 6) is 0.646. The van der Waals surface area contributed by atoms with Gasteiger partial charge in [0.2, 0.25) is 21.8 Å². The number of aryl methyl sites for hydroxylation is 2. The summed E-state index contributed by atoms with van der Waals surface area (Å²) in [6, 6.07) is 7.82. The van der Waals surface area contributed by atoms with Crippen LogP contribution in [0.4, 0.5) is 0 Å². The molecule has 2 heterocycles. The first-order valence-corrected chi connectivity index (χ1v) is 11.3. The maximum Gasteiger partial charge on any atom is 0.227 e. The standard InChI is InChI=1S/C19H26N4O4S/c1-14-5-3-6-15(13-14)10-11-20-17(24)8-9-18-21-19(22-27-18)16-7-4-12-23(16)28(2,25)26/h3,5-6,13,16H,4,7-12H2,1-2H3,(H,20,24). The number of aromatic nitrogens is 2. The molecule has 0 radical (unpaired) electrons. The third kappa shape index (κ3) is 5.39. The fraction of sp³-hybridized carbons (Fsp3) is 0.526. The summed E-state index contributed by atoms with van der Waals surface area (Å²) in [6.07, 6.45) is 3.98. The minimum atomic E-state index is -3.30. The quantitative estimate of drug-likeness (QED) is 0.716. The van der Waals surface area contributed by atoms with Crippen molar-refractivity contribution in [3.8, 4) is 0 Å². The van der Waals surface area contributed by atoms with Crippen molar-refractivity contribution >= 4 is 15.9 Å². The minimum Gasteiger partial charge on any atom is -0.356 e. The van der Waals surface area contributed by atoms with Gasteiger partial charge in [-0.25, -0.2) is 8.42 Å². The highest BCUT2D eigenvalue weighted by Crippen LogP contribution is 2.32. The number of nitrogens with zero attached hydrogens (tertiary/aromatic N) is 3. The highest BCUT2D eigenvalue weighted by atomic mass is 32.2. The molecule has 3 rings (SSSR count). The molecule has 0 bridgehead atoms. The Morgan fingerprint density at radius 1 is 1.36 bits per heavy atom. The number of amides is 1. The molecule has 1 saturated heterocycles. The van der Waals surface area contributed by atoms with Gasteiger partial charge >= 0.3 is 0 Å². The summed E-state index contributed by atoms with van der Waals surface area (Å²) in [4.78, 5) is 16.3. The Balaban J connectivity index is 1.46. The Labute approximate surface area is 165 Å². The van der Waals surface area contributed by atoms with Crippen molar-refractivity contribution < 1.29 is 17.7 Å². The first-order chi connectivity index (χ1) is 13.3. The molecule has 2 aromatic rings. The van der Waals surface area contributed by atoms with Crippen LogP contribution in [0.15, 0.2) is 28.8 Å². The van der Waals surface area contributed by atoms with E-state index in [0.717, 1.165) is 12.8 Å². The monoisotopic (exact) mass is 406 g/mol. The zero-order valence-corrected chi connectivity index (χ0v) is 17.0. The van der Waals surface area contributed by atoms with Gasteiger partial charge in [0.15, 0.2) is 5.82 Å². The Bertz CT molecular complexity index is 926. The van der Waals surface area contributed by atoms with Crippen molar-refractivity contribution in [2.45, 2.75) is 45.1 Å². The lowest BCUT2D eigenvalue weighted by molar-refractivity contribution is -0.121. The number of hydrogen-bond donors (Lipinski definition) is 1. The van der Waals surface area contributed by atoms with Crippen LogP contribution in [0.5, 0.6) is 0 Å². The molecule has 0 spiro atoms. The van der Waals surface area contributed by atoms with Crippen LogP contribution in [0.1, 0.15) is 48.1 Å². The van der Waals surface area contributed by atoms with E-state index in [-0.39, 0.29) is 18.4 Å². The minimum absolute atomic E-state index is 0.0777. The van der Waals surface area contributed by atoms with E-state index in [9.17, 15) is 13.2 Å². The van der Waals surface area contributed by atoms with E-state index in [4.69, 9.17) is 4.52 Å². The SMILES string of the molecule is Cc1cccc(CCNC(=O)CCc2nc(C3CCCN3S(C)(=O)=O)no2)c1. The molecule has 0 aliphatic carbocycles. The second-order valence-corrected chi connectivity index (χ2v) is 9.10. The Hall–Kier alpha value is -2.26. The molecule has 1 aromatic heterocycles. The fourth-order valence-corrected chi connectivity index (χ4v) is 4.55. The largest absolute Gasteiger partial charge is 0.356 e. The molecule has 9 heteroatoms. The lowest BCUT2D eigenvalue weighted by Crippen LogP contribution is -2.30. The van der Waals surface area contributed by atoms with Gasteiger partial charge in [-0.2, -0.15) is 9.29 Å². The molecular formula is C19H26N4O4S. The molecule has 0 saturated carbocycles. The van der Waals surface area contributed by atoms with Gasteiger partial charge in [0.25, 0.3) is 0 Å². The summed E-state index contributed by atoms with van der Waals surface area (Å²) in [5.41, 5.74) is 2.39. The zero-order chi connectivity index (χ0) is 20.1. The van der Waals surface area contributed by atoms with Gasteiger partial charge in [-0.15, -0.1) is 0 Å². The first-order valence-electron chi connectivity index (χ1n) is 9.44. The van der Waals surface area contributed by atoms with E-state index in [0.29, 0.717) is 37.6 Å². The van der Waals surface area contributed by atoms with Crippen LogP contribution in [0.2, 0.25) is 0 Å². The summed E-state index contributed by atoms with van der Waals surface area (Å²) < 4.78 is 30.3. The van der Waals surface area contributed by atoms with Crippen molar-refractivity contribution in [1.82, 2.24) is 19.8 Å². The van der Waals surface area contributed by atoms with Crippen LogP contribution in [-0.2, 0) is 27.7 Å². The van der Waals surface area contributed by atoms with Crippen molar-refractivity contribution in [1.29, 1.82) is 0 Å². The second-order valence-electron chi connectivity index (χ2n) is 7.17. The van der Waals surface area contributed by atoms with Crippen LogP contribution in [0, 0.1) is 6.92 Å². The third-order valence-corrected chi connectivity index (χ3v) is 6.08. The van der Waals surface area contributed by atoms with Crippen molar-refractivity contribution in [2.75, 3.05) is 19.3 Å². The molecular weight excluding hydrogens is 380 g/mol. The van der Waals surface area contributed by atoms with Crippen LogP contribution in [0.3, 0.4) is 0 Å². The van der Waals surface area contributed by atoms with Gasteiger partial charge in [0.05, 0.1) is 12.3 Å². The number of hydrogen-bond acceptors (Lipinski definition) is 6. The summed E-state index contributed by atoms with van der Waals surface area (Å²) in [6.45, 7) is 3.08. The molecule has 1 aromatic carbocycles. The van der Waals surface area contributed by atoms with E-state index in [1.165, 1.54) is 21.7 Å². The molecule has 1 N–H and O–H groups in total. The number of rotatable bonds is 8. The Morgan fingerprint density at radius 2 is 2.18 bits per heavy atom. The molecule has 1 atom stereocenters. The smallest absolute Gasteiger partial charge is 0.227 e. The van der Waals surface area contributed by atoms with Crippen molar-refractivity contribution in [3.63, 3.8) is 0 Å². The predicted molar refractivity (Wildman–Crippen MR) is 104 cm³/mol. The number of carbonyl (C=O) groups is 1. The summed E-state index contributed by atoms with van der Waals surface area (Å²) in [5, 5.41) is 6.82. The third-order valence-electron chi connectivity index (χ3n) is 4.80. The molecule has 1 aliphatic rings. The van der Waals surface area contributed by atoms with Gasteiger partial charge < -0.3 is 9.84 Å². The highest BCUT2D eigenvalue weighted by Gasteiger charge is 2.35. The lowest BCUT2D eigenvalue weighted by atomic mass is 10.1. The van der Waals surface area contributed by atoms with Gasteiger partial charge in [-0.1, -0.05) is 35.0 Å². The van der Waals surface area contributed by atoms with Crippen LogP contribution in [0.25, 0.3) is 0 Å². The molecule has 1 aliphatic heterocycles. The molecule has 8 nitrogen and oxygen atoms in total. The van der Waals surface area contributed by atoms with Crippen LogP contribution >= 0.6 is 0 Å². The average Bonchev–Trinajstić information content (AvgIpc) is 3.29. The zero-order valence-electron chi connectivity index (χ0n) is 16.2. The molecule has 28 heavy (non-hydrogen) atoms. The number of benzene rings is 1. The number of carbonyl (C=O) groups excluding carboxylic acids is 1. The van der Waals surface area contributed by atoms with E-state index < -0.39 is 10.0 Å². The van der Waals surface area contributed by atoms with Crippen molar-refractivity contribution in [2.24, 2.45) is 0 Å². The van der Waals surface area contributed by atoms with E-state index >= 15 is 0 Å². The Morgan fingerprint density at radius 3 is 2.93 bits per heavy atom. The fourth-order valence-electron chi connectivity index (χ4n) is 3.42. The lowest BCUT2D eigenvalue weighted by Gasteiger charge is -2.18. The van der Waals surface area contributed by atoms with Gasteiger partial charge in [0.1, 0.15) is 0 Å². The van der Waals surface area contributed by atoms with E-state index in [2.05, 4.69) is 21.5 Å². The number of nitrogens with one attached hydrogen (secondary N) is 1. The second kappa shape index (κ2) is 8.83. The first kappa shape index (κ1) is 20.5. The molecule has 1 fully saturated rings. The van der Waals surface area contributed by atoms with Gasteiger partial charge in [-0.05, 0) is 31.7 Å². The van der Waals surface area contributed by atoms with E-state index in [1.54, 1.807) is 0 Å². The summed E-state index contributed by atoms with van der Waals surface area (Å²) >= 11 is 0. The van der Waals surface area contributed by atoms with Crippen LogP contribution in [-0.4, -0.2) is 48.1 Å². The van der Waals surface area contributed by atoms with Gasteiger partial charge in [-0.3, -0.25) is 4.79 Å². The molecule has 1 amide bonds. The molecule has 152 valence electrons. The Kier molecular flexibility index (Phi) is 6.46. The molecule has 1 unspecified atom stereocenters. The predicted octanol–water partition coefficient (Wildman–Crippen LogP) is 1.77. The van der Waals surface area contributed by atoms with E-state index in [1.807, 2.05) is 25.1 Å². The van der Waals surface area contributed by atoms with Crippen LogP contribution < -0.4 is 5.32 Å². The average molecular weight is 407 g/mol. The summed E-state index contributed by atoms with van der Waals surface area (Å²) in [7, 11) is -3.30. The maximum atomic E-state index is 12.0. The highest BCUT2D eigenvalue weighted by molar-refractivity contribution is 7.88. The normalized spacial score (nSPS) is 17.7. The van der Waals surface area contributed by atoms with Crippen molar-refractivity contribution in [3.05, 3.63) is 47.1 Å². The topological polar surface area (TPSA) is 105 Å². The number of sulfonamides is 1.